The molecule has 7 nitrogen and oxygen atoms in total. The third-order valence-corrected chi connectivity index (χ3v) is 3.09. The van der Waals surface area contributed by atoms with Gasteiger partial charge in [0.2, 0.25) is 0 Å². The Labute approximate surface area is 124 Å². The molecule has 0 amide bonds. The predicted molar refractivity (Wildman–Crippen MR) is 77.4 cm³/mol. The molecule has 1 heterocycles. The monoisotopic (exact) mass is 297 g/mol. The zero-order chi connectivity index (χ0) is 15.7. The van der Waals surface area contributed by atoms with Crippen LogP contribution in [0.15, 0.2) is 42.5 Å². The molecule has 0 bridgehead atoms. The van der Waals surface area contributed by atoms with E-state index in [2.05, 4.69) is 15.4 Å². The SMILES string of the molecule is Oc1ccc(-c2cc(-c3ccc(O)cc3O)nnn2)c(O)c1. The zero-order valence-corrected chi connectivity index (χ0v) is 11.2. The maximum absolute atomic E-state index is 9.87. The van der Waals surface area contributed by atoms with Crippen LogP contribution in [0.4, 0.5) is 0 Å². The van der Waals surface area contributed by atoms with Crippen LogP contribution in [-0.4, -0.2) is 35.8 Å². The fourth-order valence-electron chi connectivity index (χ4n) is 2.04. The number of nitrogens with zero attached hydrogens (tertiary/aromatic N) is 3. The van der Waals surface area contributed by atoms with Crippen molar-refractivity contribution in [3.8, 4) is 45.5 Å². The molecule has 2 aromatic carbocycles. The van der Waals surface area contributed by atoms with E-state index >= 15 is 0 Å². The van der Waals surface area contributed by atoms with Crippen molar-refractivity contribution in [2.45, 2.75) is 0 Å². The molecule has 0 saturated heterocycles. The van der Waals surface area contributed by atoms with E-state index in [9.17, 15) is 20.4 Å². The Morgan fingerprint density at radius 1 is 0.591 bits per heavy atom. The van der Waals surface area contributed by atoms with Gasteiger partial charge in [-0.3, -0.25) is 0 Å². The van der Waals surface area contributed by atoms with Gasteiger partial charge in [0.25, 0.3) is 0 Å². The Kier molecular flexibility index (Phi) is 3.23. The second-order valence-corrected chi connectivity index (χ2v) is 4.61. The molecular weight excluding hydrogens is 286 g/mol. The highest BCUT2D eigenvalue weighted by Gasteiger charge is 2.12. The molecule has 3 aromatic rings. The van der Waals surface area contributed by atoms with Crippen molar-refractivity contribution in [3.63, 3.8) is 0 Å². The van der Waals surface area contributed by atoms with Crippen molar-refractivity contribution in [2.75, 3.05) is 0 Å². The number of rotatable bonds is 2. The highest BCUT2D eigenvalue weighted by atomic mass is 16.3. The van der Waals surface area contributed by atoms with E-state index in [1.165, 1.54) is 42.5 Å². The summed E-state index contributed by atoms with van der Waals surface area (Å²) in [5, 5.41) is 49.7. The maximum Gasteiger partial charge on any atom is 0.128 e. The van der Waals surface area contributed by atoms with Crippen LogP contribution < -0.4 is 0 Å². The normalized spacial score (nSPS) is 10.5. The number of hydrogen-bond acceptors (Lipinski definition) is 7. The lowest BCUT2D eigenvalue weighted by atomic mass is 10.1. The van der Waals surface area contributed by atoms with Crippen LogP contribution in [0.3, 0.4) is 0 Å². The van der Waals surface area contributed by atoms with Crippen LogP contribution >= 0.6 is 0 Å². The van der Waals surface area contributed by atoms with Gasteiger partial charge in [0.15, 0.2) is 0 Å². The van der Waals surface area contributed by atoms with E-state index in [0.29, 0.717) is 22.5 Å². The Hall–Kier alpha value is -3.35. The molecule has 110 valence electrons. The summed E-state index contributed by atoms with van der Waals surface area (Å²) in [5.74, 6) is -0.443. The molecule has 7 heteroatoms. The third-order valence-electron chi connectivity index (χ3n) is 3.09. The van der Waals surface area contributed by atoms with E-state index in [4.69, 9.17) is 0 Å². The maximum atomic E-state index is 9.87. The standard InChI is InChI=1S/C15H11N3O4/c19-8-1-3-10(14(21)5-8)12-7-13(17-18-16-12)11-4-2-9(20)6-15(11)22/h1-7,19-22H. The fourth-order valence-corrected chi connectivity index (χ4v) is 2.04. The number of benzene rings is 2. The molecule has 0 fully saturated rings. The van der Waals surface area contributed by atoms with Crippen molar-refractivity contribution in [1.29, 1.82) is 0 Å². The van der Waals surface area contributed by atoms with Gasteiger partial charge >= 0.3 is 0 Å². The molecule has 4 N–H and O–H groups in total. The lowest BCUT2D eigenvalue weighted by Crippen LogP contribution is -1.94. The van der Waals surface area contributed by atoms with E-state index in [-0.39, 0.29) is 23.0 Å². The van der Waals surface area contributed by atoms with Gasteiger partial charge in [-0.25, -0.2) is 0 Å². The van der Waals surface area contributed by atoms with Gasteiger partial charge in [-0.2, -0.15) is 0 Å². The lowest BCUT2D eigenvalue weighted by molar-refractivity contribution is 0.451. The van der Waals surface area contributed by atoms with Crippen LogP contribution in [-0.2, 0) is 0 Å². The zero-order valence-electron chi connectivity index (χ0n) is 11.2. The van der Waals surface area contributed by atoms with Gasteiger partial charge in [-0.15, -0.1) is 10.2 Å². The molecule has 0 aliphatic heterocycles. The van der Waals surface area contributed by atoms with E-state index in [1.807, 2.05) is 0 Å². The third kappa shape index (κ3) is 2.47. The first-order valence-electron chi connectivity index (χ1n) is 6.30. The average molecular weight is 297 g/mol. The molecule has 0 aliphatic carbocycles. The largest absolute Gasteiger partial charge is 0.508 e. The number of hydrogen-bond donors (Lipinski definition) is 4. The van der Waals surface area contributed by atoms with Gasteiger partial charge in [0.1, 0.15) is 34.4 Å². The number of phenolic OH excluding ortho intramolecular Hbond substituents is 4. The average Bonchev–Trinajstić information content (AvgIpc) is 2.47. The topological polar surface area (TPSA) is 120 Å². The molecule has 1 aromatic heterocycles. The Morgan fingerprint density at radius 2 is 1.05 bits per heavy atom. The van der Waals surface area contributed by atoms with Crippen LogP contribution in [0.2, 0.25) is 0 Å². The van der Waals surface area contributed by atoms with Gasteiger partial charge in [-0.05, 0) is 35.5 Å². The van der Waals surface area contributed by atoms with Crippen LogP contribution in [0, 0.1) is 0 Å². The van der Waals surface area contributed by atoms with Gasteiger partial charge < -0.3 is 20.4 Å². The molecule has 0 radical (unpaired) electrons. The summed E-state index contributed by atoms with van der Waals surface area (Å²) in [6.07, 6.45) is 0. The van der Waals surface area contributed by atoms with Crippen molar-refractivity contribution >= 4 is 0 Å². The fraction of sp³-hybridized carbons (Fsp3) is 0. The molecule has 3 rings (SSSR count). The first-order chi connectivity index (χ1) is 10.5. The summed E-state index contributed by atoms with van der Waals surface area (Å²) in [6.45, 7) is 0. The van der Waals surface area contributed by atoms with Gasteiger partial charge in [-0.1, -0.05) is 0 Å². The number of aromatic hydroxyl groups is 4. The highest BCUT2D eigenvalue weighted by molar-refractivity contribution is 5.74. The summed E-state index contributed by atoms with van der Waals surface area (Å²) in [4.78, 5) is 0. The van der Waals surface area contributed by atoms with E-state index in [0.717, 1.165) is 0 Å². The minimum absolute atomic E-state index is 0.0698. The van der Waals surface area contributed by atoms with Gasteiger partial charge in [0, 0.05) is 23.3 Å². The van der Waals surface area contributed by atoms with Crippen LogP contribution in [0.1, 0.15) is 0 Å². The lowest BCUT2D eigenvalue weighted by Gasteiger charge is -2.07. The second-order valence-electron chi connectivity index (χ2n) is 4.61. The van der Waals surface area contributed by atoms with Crippen LogP contribution in [0.25, 0.3) is 22.5 Å². The minimum Gasteiger partial charge on any atom is -0.508 e. The Morgan fingerprint density at radius 3 is 1.45 bits per heavy atom. The molecule has 0 spiro atoms. The van der Waals surface area contributed by atoms with E-state index < -0.39 is 0 Å². The summed E-state index contributed by atoms with van der Waals surface area (Å²) in [7, 11) is 0. The Bertz CT molecular complexity index is 785. The van der Waals surface area contributed by atoms with Crippen LogP contribution in [0.5, 0.6) is 23.0 Å². The quantitative estimate of drug-likeness (QED) is 0.571. The number of aromatic nitrogens is 3. The molecule has 0 aliphatic rings. The predicted octanol–water partition coefficient (Wildman–Crippen LogP) is 2.03. The molecule has 0 saturated carbocycles. The number of phenols is 4. The molecule has 0 atom stereocenters. The van der Waals surface area contributed by atoms with Gasteiger partial charge in [0.05, 0.1) is 0 Å². The first kappa shape index (κ1) is 13.6. The summed E-state index contributed by atoms with van der Waals surface area (Å²) in [6, 6.07) is 9.73. The first-order valence-corrected chi connectivity index (χ1v) is 6.30. The second kappa shape index (κ2) is 5.21. The highest BCUT2D eigenvalue weighted by Crippen LogP contribution is 2.34. The van der Waals surface area contributed by atoms with E-state index in [1.54, 1.807) is 0 Å². The minimum atomic E-state index is -0.152. The summed E-state index contributed by atoms with van der Waals surface area (Å²) < 4.78 is 0. The molecule has 22 heavy (non-hydrogen) atoms. The molecular formula is C15H11N3O4. The van der Waals surface area contributed by atoms with Crippen molar-refractivity contribution in [2.24, 2.45) is 0 Å². The van der Waals surface area contributed by atoms with Crippen molar-refractivity contribution < 1.29 is 20.4 Å². The summed E-state index contributed by atoms with van der Waals surface area (Å²) in [5.41, 5.74) is 1.39. The summed E-state index contributed by atoms with van der Waals surface area (Å²) >= 11 is 0. The molecule has 0 unspecified atom stereocenters. The van der Waals surface area contributed by atoms with Crippen molar-refractivity contribution in [1.82, 2.24) is 15.4 Å². The Balaban J connectivity index is 2.10. The van der Waals surface area contributed by atoms with Crippen molar-refractivity contribution in [3.05, 3.63) is 42.5 Å². The smallest absolute Gasteiger partial charge is 0.128 e.